The van der Waals surface area contributed by atoms with E-state index in [1.807, 2.05) is 26.0 Å². The van der Waals surface area contributed by atoms with Crippen LogP contribution in [0.1, 0.15) is 78.5 Å². The minimum Gasteiger partial charge on any atom is -0.657 e. The first-order chi connectivity index (χ1) is 22.0. The van der Waals surface area contributed by atoms with Gasteiger partial charge in [-0.15, -0.1) is 22.4 Å². The predicted octanol–water partition coefficient (Wildman–Crippen LogP) is 1.88. The molecule has 0 amide bonds. The number of H-pyrrole nitrogens is 1. The summed E-state index contributed by atoms with van der Waals surface area (Å²) in [5.74, 6) is -2.04. The number of aromatic amines is 1. The molecule has 0 radical (unpaired) electrons. The molecular weight excluding hydrogens is 605 g/mol. The minimum absolute atomic E-state index is 0. The van der Waals surface area contributed by atoms with Crippen LogP contribution in [0.5, 0.6) is 0 Å². The van der Waals surface area contributed by atoms with E-state index in [-0.39, 0.29) is 53.0 Å². The molecule has 0 spiro atoms. The second-order valence-electron chi connectivity index (χ2n) is 12.5. The summed E-state index contributed by atoms with van der Waals surface area (Å²) in [4.78, 5) is 39.7. The van der Waals surface area contributed by atoms with E-state index in [1.165, 1.54) is 12.7 Å². The number of allylic oxidation sites excluding steroid dienone is 1. The van der Waals surface area contributed by atoms with E-state index in [0.717, 1.165) is 56.5 Å². The quantitative estimate of drug-likeness (QED) is 0.262. The first kappa shape index (κ1) is 34.4. The van der Waals surface area contributed by atoms with Crippen molar-refractivity contribution in [3.63, 3.8) is 0 Å². The van der Waals surface area contributed by atoms with Gasteiger partial charge in [0.1, 0.15) is 11.7 Å². The van der Waals surface area contributed by atoms with Crippen molar-refractivity contribution in [2.45, 2.75) is 66.8 Å². The van der Waals surface area contributed by atoms with Gasteiger partial charge < -0.3 is 34.8 Å². The van der Waals surface area contributed by atoms with Crippen molar-refractivity contribution in [3.05, 3.63) is 78.4 Å². The number of rotatable bonds is 7. The maximum absolute atomic E-state index is 13.4. The molecule has 3 aromatic heterocycles. The fourth-order valence-electron chi connectivity index (χ4n) is 7.63. The fraction of sp³-hybridized carbons (Fsp3) is 0.405. The van der Waals surface area contributed by atoms with Crippen molar-refractivity contribution in [1.29, 1.82) is 0 Å². The summed E-state index contributed by atoms with van der Waals surface area (Å²) >= 11 is 0. The average molecular weight is 647 g/mol. The molecule has 3 aromatic rings. The summed E-state index contributed by atoms with van der Waals surface area (Å²) in [6.07, 6.45) is 9.56. The van der Waals surface area contributed by atoms with E-state index < -0.39 is 17.9 Å². The molecule has 1 saturated heterocycles. The van der Waals surface area contributed by atoms with Crippen LogP contribution in [0.3, 0.4) is 0 Å². The Kier molecular flexibility index (Phi) is 9.76. The van der Waals surface area contributed by atoms with Crippen LogP contribution >= 0.6 is 0 Å². The van der Waals surface area contributed by atoms with Gasteiger partial charge in [-0.25, -0.2) is 0 Å². The molecule has 5 heterocycles. The number of carbonyl (C=O) groups is 2. The molecule has 1 unspecified atom stereocenters. The molecule has 10 heteroatoms. The Balaban J connectivity index is 0.00000433. The number of hydrogen-bond donors (Lipinski definition) is 3. The van der Waals surface area contributed by atoms with Crippen LogP contribution in [0, 0.1) is 38.5 Å². The van der Waals surface area contributed by atoms with Crippen molar-refractivity contribution in [2.24, 2.45) is 17.8 Å². The normalized spacial score (nSPS) is 23.4. The number of esters is 2. The molecule has 3 N–H and O–H groups in total. The summed E-state index contributed by atoms with van der Waals surface area (Å²) in [5, 5.41) is 18.5. The third-order valence-corrected chi connectivity index (χ3v) is 10.2. The largest absolute Gasteiger partial charge is 2.00 e. The van der Waals surface area contributed by atoms with Crippen LogP contribution in [0.15, 0.2) is 12.3 Å². The molecule has 4 atom stereocenters. The number of nitrogens with one attached hydrogen (secondary N) is 2. The van der Waals surface area contributed by atoms with Crippen LogP contribution in [-0.4, -0.2) is 64.8 Å². The van der Waals surface area contributed by atoms with Crippen LogP contribution in [0.2, 0.25) is 0 Å². The Hall–Kier alpha value is -3.89. The van der Waals surface area contributed by atoms with Crippen molar-refractivity contribution in [1.82, 2.24) is 20.3 Å². The summed E-state index contributed by atoms with van der Waals surface area (Å²) in [5.41, 5.74) is 9.02. The van der Waals surface area contributed by atoms with Gasteiger partial charge in [0, 0.05) is 34.0 Å². The minimum atomic E-state index is -1.01. The molecule has 8 bridgehead atoms. The number of aliphatic hydroxyl groups is 1. The number of ether oxygens (including phenoxy) is 2. The van der Waals surface area contributed by atoms with Gasteiger partial charge in [-0.05, 0) is 68.7 Å². The molecule has 2 aliphatic heterocycles. The van der Waals surface area contributed by atoms with Crippen molar-refractivity contribution in [3.8, 4) is 0 Å². The molecule has 1 aliphatic carbocycles. The zero-order valence-electron chi connectivity index (χ0n) is 28.3. The van der Waals surface area contributed by atoms with Crippen molar-refractivity contribution in [2.75, 3.05) is 13.7 Å². The van der Waals surface area contributed by atoms with Gasteiger partial charge in [-0.3, -0.25) is 9.59 Å². The average Bonchev–Trinajstić information content (AvgIpc) is 3.77. The van der Waals surface area contributed by atoms with E-state index >= 15 is 0 Å². The Morgan fingerprint density at radius 3 is 2.38 bits per heavy atom. The van der Waals surface area contributed by atoms with Gasteiger partial charge in [-0.2, -0.15) is 0 Å². The van der Waals surface area contributed by atoms with Gasteiger partial charge in [0.05, 0.1) is 19.8 Å². The maximum Gasteiger partial charge on any atom is 2.00 e. The number of methoxy groups -OCH3 is 1. The zero-order valence-corrected chi connectivity index (χ0v) is 29.8. The molecule has 1 fully saturated rings. The molecule has 47 heavy (non-hydrogen) atoms. The van der Waals surface area contributed by atoms with Gasteiger partial charge >= 0.3 is 35.0 Å². The third-order valence-electron chi connectivity index (χ3n) is 10.2. The molecular formula is C37H42MgN4O5. The second-order valence-corrected chi connectivity index (χ2v) is 12.5. The van der Waals surface area contributed by atoms with E-state index in [1.54, 1.807) is 6.92 Å². The number of carbonyl (C=O) groups excluding carboxylic acids is 2. The number of aromatic nitrogens is 3. The molecule has 9 nitrogen and oxygen atoms in total. The monoisotopic (exact) mass is 646 g/mol. The van der Waals surface area contributed by atoms with Crippen LogP contribution in [-0.2, 0) is 25.5 Å². The topological polar surface area (TPSA) is 129 Å². The Morgan fingerprint density at radius 2 is 1.72 bits per heavy atom. The van der Waals surface area contributed by atoms with Crippen LogP contribution < -0.4 is 36.6 Å². The third kappa shape index (κ3) is 5.59. The fourth-order valence-corrected chi connectivity index (χ4v) is 7.63. The Bertz CT molecular complexity index is 2060. The first-order valence-corrected chi connectivity index (χ1v) is 16.1. The number of aliphatic hydroxyl groups excluding tert-OH is 1. The Labute approximate surface area is 290 Å². The van der Waals surface area contributed by atoms with Gasteiger partial charge in [-0.1, -0.05) is 55.9 Å². The van der Waals surface area contributed by atoms with Gasteiger partial charge in [0.15, 0.2) is 0 Å². The SMILES string of the molecule is C=Cc1c2[n-]c(c1C)/C=C1\NC(C3=c4[n-]c(c(C)c4=C(O)[C@@H]3C(=O)OC)/C=c3\[nH]/c(c(C)c3CC)=C\2)[C@@H](CCC(=O)OCC)[C@@H]1C.[Mg+2]. The zero-order chi connectivity index (χ0) is 33.0. The Morgan fingerprint density at radius 1 is 1.02 bits per heavy atom. The molecule has 6 rings (SSSR count). The summed E-state index contributed by atoms with van der Waals surface area (Å²) in [6.45, 7) is 16.5. The summed E-state index contributed by atoms with van der Waals surface area (Å²) < 4.78 is 10.5. The van der Waals surface area contributed by atoms with Crippen molar-refractivity contribution < 1.29 is 24.2 Å². The first-order valence-electron chi connectivity index (χ1n) is 16.1. The van der Waals surface area contributed by atoms with E-state index in [4.69, 9.17) is 19.4 Å². The van der Waals surface area contributed by atoms with E-state index in [0.29, 0.717) is 34.9 Å². The maximum atomic E-state index is 13.4. The number of nitrogens with zero attached hydrogens (tertiary/aromatic N) is 2. The van der Waals surface area contributed by atoms with Gasteiger partial charge in [0.2, 0.25) is 0 Å². The second kappa shape index (κ2) is 13.3. The number of fused-ring (bicyclic) bond motifs is 8. The van der Waals surface area contributed by atoms with Crippen molar-refractivity contribution >= 4 is 70.6 Å². The standard InChI is InChI=1S/C37H42N4O5.Mg/c1-9-21-17(4)24-14-26-19(6)23(12-13-30(42)46-11-3)34(40-26)32-33(37(44)45-8)36(43)31-20(7)27(41-35(31)32)16-29-22(10-2)18(5)25(39-29)15-28(21)38-24;/h9,14-16,19,23,33-34,39-40,43H,1,10-13H2,2-8H3;/q-2;+2/b25-15-,26-14-,29-16-;/t19-,23-,33+,34?;/m0./s1. The van der Waals surface area contributed by atoms with Crippen LogP contribution in [0.25, 0.3) is 35.6 Å². The molecule has 3 aliphatic rings. The summed E-state index contributed by atoms with van der Waals surface area (Å²) in [6, 6.07) is -0.413. The van der Waals surface area contributed by atoms with Crippen LogP contribution in [0.4, 0.5) is 0 Å². The predicted molar refractivity (Wildman–Crippen MR) is 184 cm³/mol. The van der Waals surface area contributed by atoms with Gasteiger partial charge in [0.25, 0.3) is 0 Å². The molecule has 0 aromatic carbocycles. The van der Waals surface area contributed by atoms with E-state index in [2.05, 4.69) is 49.8 Å². The van der Waals surface area contributed by atoms with E-state index in [9.17, 15) is 14.7 Å². The molecule has 0 saturated carbocycles. The number of hydrogen-bond acceptors (Lipinski definition) is 6. The molecule has 242 valence electrons. The summed E-state index contributed by atoms with van der Waals surface area (Å²) in [7, 11) is 1.33. The smallest absolute Gasteiger partial charge is 0.657 e.